The largest absolute Gasteiger partial charge is 0.461 e. The van der Waals surface area contributed by atoms with E-state index in [0.29, 0.717) is 40.6 Å². The maximum absolute atomic E-state index is 12.1. The number of nitrogens with two attached hydrogens (primary N) is 1. The van der Waals surface area contributed by atoms with Gasteiger partial charge in [0.15, 0.2) is 5.79 Å². The van der Waals surface area contributed by atoms with Crippen molar-refractivity contribution in [3.63, 3.8) is 0 Å². The van der Waals surface area contributed by atoms with Crippen LogP contribution in [0.4, 0.5) is 0 Å². The van der Waals surface area contributed by atoms with E-state index in [1.54, 1.807) is 6.92 Å². The molecule has 0 amide bonds. The first-order valence-electron chi connectivity index (χ1n) is 14.9. The van der Waals surface area contributed by atoms with E-state index in [1.165, 1.54) is 44.9 Å². The van der Waals surface area contributed by atoms with Crippen LogP contribution >= 0.6 is 0 Å². The van der Waals surface area contributed by atoms with Crippen LogP contribution in [0.15, 0.2) is 0 Å². The summed E-state index contributed by atoms with van der Waals surface area (Å²) in [5.74, 6) is 4.32. The van der Waals surface area contributed by atoms with Crippen molar-refractivity contribution in [2.75, 3.05) is 6.61 Å². The molecule has 7 unspecified atom stereocenters. The SMILES string of the molecule is CC(N)C(=O)O[C@@H]1CC[C@@]2(C)C(CCC3C2CC[C@@]2(C)C3CC3O[C@]4(CC[C@@H](C)CO4)[C@@H](C)C32)C1. The van der Waals surface area contributed by atoms with Gasteiger partial charge in [-0.25, -0.2) is 0 Å². The number of ether oxygens (including phenoxy) is 3. The fraction of sp³-hybridized carbons (Fsp3) is 0.967. The summed E-state index contributed by atoms with van der Waals surface area (Å²) in [6, 6.07) is -0.525. The van der Waals surface area contributed by atoms with Crippen LogP contribution in [0.3, 0.4) is 0 Å². The molecule has 4 saturated carbocycles. The van der Waals surface area contributed by atoms with Crippen LogP contribution < -0.4 is 5.73 Å². The Bertz CT molecular complexity index is 836. The molecule has 6 fully saturated rings. The number of esters is 1. The molecule has 0 bridgehead atoms. The third-order valence-corrected chi connectivity index (χ3v) is 12.5. The number of rotatable bonds is 2. The first kappa shape index (κ1) is 24.7. The fourth-order valence-electron chi connectivity index (χ4n) is 10.6. The lowest BCUT2D eigenvalue weighted by Crippen LogP contribution is -2.55. The second kappa shape index (κ2) is 8.43. The highest BCUT2D eigenvalue weighted by Crippen LogP contribution is 2.71. The highest BCUT2D eigenvalue weighted by atomic mass is 16.7. The Kier molecular flexibility index (Phi) is 5.94. The Morgan fingerprint density at radius 2 is 1.74 bits per heavy atom. The van der Waals surface area contributed by atoms with Crippen LogP contribution in [0.5, 0.6) is 0 Å². The Labute approximate surface area is 212 Å². The summed E-state index contributed by atoms with van der Waals surface area (Å²) in [4.78, 5) is 12.1. The van der Waals surface area contributed by atoms with Crippen molar-refractivity contribution >= 4 is 5.97 Å². The molecular weight excluding hydrogens is 438 g/mol. The molecule has 6 aliphatic rings. The van der Waals surface area contributed by atoms with E-state index in [1.807, 2.05) is 0 Å². The number of carbonyl (C=O) groups excluding carboxylic acids is 1. The van der Waals surface area contributed by atoms with E-state index < -0.39 is 6.04 Å². The van der Waals surface area contributed by atoms with E-state index in [9.17, 15) is 4.79 Å². The van der Waals surface area contributed by atoms with Crippen LogP contribution in [0.2, 0.25) is 0 Å². The van der Waals surface area contributed by atoms with Gasteiger partial charge >= 0.3 is 5.97 Å². The monoisotopic (exact) mass is 487 g/mol. The average molecular weight is 488 g/mol. The maximum atomic E-state index is 12.1. The Morgan fingerprint density at radius 1 is 0.971 bits per heavy atom. The quantitative estimate of drug-likeness (QED) is 0.507. The summed E-state index contributed by atoms with van der Waals surface area (Å²) < 4.78 is 19.2. The molecule has 0 aromatic rings. The zero-order valence-electron chi connectivity index (χ0n) is 22.8. The molecule has 35 heavy (non-hydrogen) atoms. The molecule has 2 saturated heterocycles. The molecule has 1 spiro atoms. The molecule has 6 rings (SSSR count). The Balaban J connectivity index is 1.18. The molecule has 2 heterocycles. The van der Waals surface area contributed by atoms with Crippen LogP contribution in [0.1, 0.15) is 98.8 Å². The van der Waals surface area contributed by atoms with Gasteiger partial charge in [0, 0.05) is 12.3 Å². The van der Waals surface area contributed by atoms with Gasteiger partial charge < -0.3 is 19.9 Å². The first-order valence-corrected chi connectivity index (χ1v) is 14.9. The van der Waals surface area contributed by atoms with Crippen molar-refractivity contribution in [1.82, 2.24) is 0 Å². The van der Waals surface area contributed by atoms with E-state index >= 15 is 0 Å². The zero-order chi connectivity index (χ0) is 24.8. The van der Waals surface area contributed by atoms with Crippen molar-refractivity contribution < 1.29 is 19.0 Å². The minimum atomic E-state index is -0.525. The third kappa shape index (κ3) is 3.61. The minimum absolute atomic E-state index is 0.0615. The molecule has 198 valence electrons. The lowest BCUT2D eigenvalue weighted by molar-refractivity contribution is -0.273. The predicted octanol–water partition coefficient (Wildman–Crippen LogP) is 5.69. The predicted molar refractivity (Wildman–Crippen MR) is 135 cm³/mol. The molecule has 5 nitrogen and oxygen atoms in total. The number of hydrogen-bond donors (Lipinski definition) is 1. The summed E-state index contributed by atoms with van der Waals surface area (Å²) in [7, 11) is 0. The van der Waals surface area contributed by atoms with Crippen LogP contribution in [0.25, 0.3) is 0 Å². The molecule has 0 aromatic carbocycles. The molecule has 5 heteroatoms. The molecule has 0 radical (unpaired) electrons. The highest BCUT2D eigenvalue weighted by molar-refractivity contribution is 5.75. The highest BCUT2D eigenvalue weighted by Gasteiger charge is 2.69. The summed E-state index contributed by atoms with van der Waals surface area (Å²) in [5.41, 5.74) is 6.54. The zero-order valence-corrected chi connectivity index (χ0v) is 22.8. The van der Waals surface area contributed by atoms with Gasteiger partial charge in [-0.05, 0) is 111 Å². The van der Waals surface area contributed by atoms with Crippen LogP contribution in [-0.4, -0.2) is 36.6 Å². The number of fused-ring (bicyclic) bond motifs is 7. The maximum Gasteiger partial charge on any atom is 0.322 e. The fourth-order valence-corrected chi connectivity index (χ4v) is 10.6. The molecule has 4 aliphatic carbocycles. The van der Waals surface area contributed by atoms with Crippen molar-refractivity contribution in [3.05, 3.63) is 0 Å². The normalized spacial score (nSPS) is 56.0. The summed E-state index contributed by atoms with van der Waals surface area (Å²) >= 11 is 0. The standard InChI is InChI=1S/C30H49NO4/c1-17-8-13-30(33-16-17)18(2)26-25(35-30)15-24-22-7-6-20-14-21(34-27(32)19(3)31)9-11-28(20,4)23(22)10-12-29(24,26)5/h17-26H,6-16,31H2,1-5H3/t17-,18+,19?,20?,21-,22?,23?,24?,25?,26?,28+,29+,30-/m1/s1. The van der Waals surface area contributed by atoms with Gasteiger partial charge in [0.1, 0.15) is 12.1 Å². The average Bonchev–Trinajstić information content (AvgIpc) is 3.26. The summed E-state index contributed by atoms with van der Waals surface area (Å²) in [6.07, 6.45) is 12.5. The minimum Gasteiger partial charge on any atom is -0.461 e. The first-order chi connectivity index (χ1) is 16.6. The Morgan fingerprint density at radius 3 is 2.46 bits per heavy atom. The van der Waals surface area contributed by atoms with E-state index in [0.717, 1.165) is 43.6 Å². The lowest BCUT2D eigenvalue weighted by Gasteiger charge is -2.61. The van der Waals surface area contributed by atoms with Gasteiger partial charge in [-0.3, -0.25) is 4.79 Å². The van der Waals surface area contributed by atoms with Crippen LogP contribution in [0, 0.1) is 52.3 Å². The second-order valence-corrected chi connectivity index (χ2v) is 14.3. The number of hydrogen-bond acceptors (Lipinski definition) is 5. The van der Waals surface area contributed by atoms with Gasteiger partial charge in [0.05, 0.1) is 12.7 Å². The number of carbonyl (C=O) groups is 1. The smallest absolute Gasteiger partial charge is 0.322 e. The van der Waals surface area contributed by atoms with Gasteiger partial charge in [-0.15, -0.1) is 0 Å². The molecule has 0 aromatic heterocycles. The lowest BCUT2D eigenvalue weighted by atomic mass is 9.44. The summed E-state index contributed by atoms with van der Waals surface area (Å²) in [6.45, 7) is 12.5. The van der Waals surface area contributed by atoms with Crippen molar-refractivity contribution in [2.24, 2.45) is 58.0 Å². The van der Waals surface area contributed by atoms with Gasteiger partial charge in [0.25, 0.3) is 0 Å². The Hall–Kier alpha value is -0.650. The molecule has 2 aliphatic heterocycles. The second-order valence-electron chi connectivity index (χ2n) is 14.3. The van der Waals surface area contributed by atoms with Gasteiger partial charge in [0.2, 0.25) is 0 Å². The van der Waals surface area contributed by atoms with Gasteiger partial charge in [-0.1, -0.05) is 27.7 Å². The van der Waals surface area contributed by atoms with Crippen molar-refractivity contribution in [3.8, 4) is 0 Å². The van der Waals surface area contributed by atoms with Gasteiger partial charge in [-0.2, -0.15) is 0 Å². The molecule has 2 N–H and O–H groups in total. The topological polar surface area (TPSA) is 70.8 Å². The van der Waals surface area contributed by atoms with Crippen molar-refractivity contribution in [1.29, 1.82) is 0 Å². The third-order valence-electron chi connectivity index (χ3n) is 12.5. The van der Waals surface area contributed by atoms with Crippen molar-refractivity contribution in [2.45, 2.75) is 123 Å². The van der Waals surface area contributed by atoms with Crippen LogP contribution in [-0.2, 0) is 19.0 Å². The van der Waals surface area contributed by atoms with E-state index in [-0.39, 0.29) is 17.9 Å². The molecular formula is C30H49NO4. The molecule has 13 atom stereocenters. The van der Waals surface area contributed by atoms with E-state index in [4.69, 9.17) is 19.9 Å². The summed E-state index contributed by atoms with van der Waals surface area (Å²) in [5, 5.41) is 0. The van der Waals surface area contributed by atoms with E-state index in [2.05, 4.69) is 27.7 Å².